The van der Waals surface area contributed by atoms with E-state index >= 15 is 0 Å². The Morgan fingerprint density at radius 2 is 2.00 bits per heavy atom. The van der Waals surface area contributed by atoms with E-state index in [1.807, 2.05) is 0 Å². The van der Waals surface area contributed by atoms with E-state index in [1.165, 1.54) is 0 Å². The molecule has 3 rings (SSSR count). The summed E-state index contributed by atoms with van der Waals surface area (Å²) in [6.45, 7) is 2.78. The number of nitrogens with one attached hydrogen (secondary N) is 1. The van der Waals surface area contributed by atoms with E-state index in [0.717, 1.165) is 0 Å². The number of carbonyl (C=O) groups is 2. The zero-order valence-electron chi connectivity index (χ0n) is 11.7. The third-order valence-electron chi connectivity index (χ3n) is 4.02. The molecule has 0 atom stereocenters. The van der Waals surface area contributed by atoms with E-state index in [4.69, 9.17) is 4.42 Å². The molecule has 6 heteroatoms. The maximum Gasteiger partial charge on any atom is 0.417 e. The number of hydrogen-bond acceptors (Lipinski definition) is 4. The van der Waals surface area contributed by atoms with Gasteiger partial charge in [-0.2, -0.15) is 0 Å². The number of ketones is 1. The minimum Gasteiger partial charge on any atom is -0.408 e. The maximum absolute atomic E-state index is 12.5. The Morgan fingerprint density at radius 3 is 2.67 bits per heavy atom. The summed E-state index contributed by atoms with van der Waals surface area (Å²) in [5.41, 5.74) is 1.53. The zero-order valence-corrected chi connectivity index (χ0v) is 11.7. The van der Waals surface area contributed by atoms with Gasteiger partial charge in [-0.1, -0.05) is 0 Å². The van der Waals surface area contributed by atoms with Gasteiger partial charge in [0.25, 0.3) is 0 Å². The molecule has 1 saturated heterocycles. The van der Waals surface area contributed by atoms with Crippen LogP contribution in [0, 0.1) is 5.92 Å². The highest BCUT2D eigenvalue weighted by Crippen LogP contribution is 2.23. The van der Waals surface area contributed by atoms with Gasteiger partial charge < -0.3 is 9.32 Å². The molecular formula is C15H16N2O4. The number of carbonyl (C=O) groups excluding carboxylic acids is 2. The van der Waals surface area contributed by atoms with Crippen molar-refractivity contribution in [2.45, 2.75) is 19.8 Å². The summed E-state index contributed by atoms with van der Waals surface area (Å²) >= 11 is 0. The second-order valence-electron chi connectivity index (χ2n) is 5.37. The standard InChI is InChI=1S/C15H16N2O4/c1-9(18)17-6-4-10(5-7-17)14(19)11-2-3-12-13(8-11)21-15(20)16-12/h2-3,8,10H,4-7H2,1H3,(H,16,20). The van der Waals surface area contributed by atoms with Crippen molar-refractivity contribution in [2.24, 2.45) is 5.92 Å². The molecule has 0 bridgehead atoms. The molecule has 2 aromatic rings. The van der Waals surface area contributed by atoms with Crippen molar-refractivity contribution in [1.29, 1.82) is 0 Å². The fraction of sp³-hybridized carbons (Fsp3) is 0.400. The van der Waals surface area contributed by atoms with E-state index in [-0.39, 0.29) is 17.6 Å². The third-order valence-corrected chi connectivity index (χ3v) is 4.02. The summed E-state index contributed by atoms with van der Waals surface area (Å²) in [5.74, 6) is -0.506. The van der Waals surface area contributed by atoms with Crippen LogP contribution >= 0.6 is 0 Å². The van der Waals surface area contributed by atoms with Crippen molar-refractivity contribution in [1.82, 2.24) is 9.88 Å². The van der Waals surface area contributed by atoms with Gasteiger partial charge in [-0.25, -0.2) is 4.79 Å². The minimum absolute atomic E-state index is 0.0453. The molecule has 1 aromatic heterocycles. The highest BCUT2D eigenvalue weighted by atomic mass is 16.4. The van der Waals surface area contributed by atoms with E-state index in [9.17, 15) is 14.4 Å². The summed E-state index contributed by atoms with van der Waals surface area (Å²) in [6, 6.07) is 4.98. The summed E-state index contributed by atoms with van der Waals surface area (Å²) in [7, 11) is 0. The first-order valence-electron chi connectivity index (χ1n) is 6.97. The second kappa shape index (κ2) is 5.20. The molecule has 21 heavy (non-hydrogen) atoms. The highest BCUT2D eigenvalue weighted by Gasteiger charge is 2.27. The minimum atomic E-state index is -0.524. The lowest BCUT2D eigenvalue weighted by atomic mass is 9.89. The van der Waals surface area contributed by atoms with Crippen LogP contribution in [-0.4, -0.2) is 34.7 Å². The van der Waals surface area contributed by atoms with Gasteiger partial charge in [-0.15, -0.1) is 0 Å². The molecular weight excluding hydrogens is 272 g/mol. The van der Waals surface area contributed by atoms with Crippen molar-refractivity contribution in [3.05, 3.63) is 34.3 Å². The number of fused-ring (bicyclic) bond motifs is 1. The smallest absolute Gasteiger partial charge is 0.408 e. The molecule has 0 radical (unpaired) electrons. The van der Waals surface area contributed by atoms with Gasteiger partial charge in [-0.05, 0) is 31.0 Å². The Labute approximate surface area is 120 Å². The number of nitrogens with zero attached hydrogens (tertiary/aromatic N) is 1. The highest BCUT2D eigenvalue weighted by molar-refractivity contribution is 6.00. The Kier molecular flexibility index (Phi) is 3.37. The zero-order chi connectivity index (χ0) is 15.0. The van der Waals surface area contributed by atoms with Gasteiger partial charge in [0.2, 0.25) is 5.91 Å². The van der Waals surface area contributed by atoms with Crippen LogP contribution in [0.3, 0.4) is 0 Å². The number of hydrogen-bond donors (Lipinski definition) is 1. The molecule has 1 N–H and O–H groups in total. The van der Waals surface area contributed by atoms with Crippen LogP contribution in [0.1, 0.15) is 30.1 Å². The van der Waals surface area contributed by atoms with Crippen LogP contribution in [-0.2, 0) is 4.79 Å². The number of amides is 1. The number of Topliss-reactive ketones (excluding diaryl/α,β-unsaturated/α-hetero) is 1. The van der Waals surface area contributed by atoms with Crippen molar-refractivity contribution in [3.63, 3.8) is 0 Å². The molecule has 1 aliphatic rings. The monoisotopic (exact) mass is 288 g/mol. The number of aromatic nitrogens is 1. The lowest BCUT2D eigenvalue weighted by Gasteiger charge is -2.30. The Balaban J connectivity index is 1.78. The fourth-order valence-corrected chi connectivity index (χ4v) is 2.79. The third kappa shape index (κ3) is 2.61. The first-order valence-corrected chi connectivity index (χ1v) is 6.97. The average Bonchev–Trinajstić information content (AvgIpc) is 2.85. The number of aromatic amines is 1. The largest absolute Gasteiger partial charge is 0.417 e. The maximum atomic E-state index is 12.5. The van der Waals surface area contributed by atoms with Crippen LogP contribution in [0.5, 0.6) is 0 Å². The predicted molar refractivity (Wildman–Crippen MR) is 76.1 cm³/mol. The van der Waals surface area contributed by atoms with E-state index < -0.39 is 5.76 Å². The molecule has 1 aromatic carbocycles. The molecule has 1 fully saturated rings. The molecule has 6 nitrogen and oxygen atoms in total. The molecule has 1 aliphatic heterocycles. The Bertz CT molecular complexity index is 750. The van der Waals surface area contributed by atoms with Gasteiger partial charge in [0, 0.05) is 31.5 Å². The Hall–Kier alpha value is -2.37. The van der Waals surface area contributed by atoms with Gasteiger partial charge in [0.15, 0.2) is 11.4 Å². The summed E-state index contributed by atoms with van der Waals surface area (Å²) in [4.78, 5) is 39.2. The summed E-state index contributed by atoms with van der Waals surface area (Å²) < 4.78 is 4.98. The van der Waals surface area contributed by atoms with Crippen LogP contribution < -0.4 is 5.76 Å². The molecule has 110 valence electrons. The van der Waals surface area contributed by atoms with Gasteiger partial charge >= 0.3 is 5.76 Å². The molecule has 0 saturated carbocycles. The summed E-state index contributed by atoms with van der Waals surface area (Å²) in [5, 5.41) is 0. The van der Waals surface area contributed by atoms with Crippen molar-refractivity contribution >= 4 is 22.8 Å². The lowest BCUT2D eigenvalue weighted by molar-refractivity contribution is -0.130. The van der Waals surface area contributed by atoms with Crippen LogP contribution in [0.2, 0.25) is 0 Å². The first-order chi connectivity index (χ1) is 10.0. The van der Waals surface area contributed by atoms with Crippen LogP contribution in [0.25, 0.3) is 11.1 Å². The number of piperidine rings is 1. The van der Waals surface area contributed by atoms with Gasteiger partial charge in [-0.3, -0.25) is 14.6 Å². The number of H-pyrrole nitrogens is 1. The van der Waals surface area contributed by atoms with Crippen molar-refractivity contribution < 1.29 is 14.0 Å². The van der Waals surface area contributed by atoms with E-state index in [2.05, 4.69) is 4.98 Å². The van der Waals surface area contributed by atoms with Crippen molar-refractivity contribution in [2.75, 3.05) is 13.1 Å². The summed E-state index contributed by atoms with van der Waals surface area (Å²) in [6.07, 6.45) is 1.35. The van der Waals surface area contributed by atoms with Gasteiger partial charge in [0.05, 0.1) is 5.52 Å². The quantitative estimate of drug-likeness (QED) is 0.850. The topological polar surface area (TPSA) is 83.4 Å². The fourth-order valence-electron chi connectivity index (χ4n) is 2.79. The van der Waals surface area contributed by atoms with Crippen LogP contribution in [0.15, 0.2) is 27.4 Å². The average molecular weight is 288 g/mol. The Morgan fingerprint density at radius 1 is 1.29 bits per heavy atom. The number of likely N-dealkylation sites (tertiary alicyclic amines) is 1. The molecule has 2 heterocycles. The SMILES string of the molecule is CC(=O)N1CCC(C(=O)c2ccc3[nH]c(=O)oc3c2)CC1. The van der Waals surface area contributed by atoms with E-state index in [0.29, 0.717) is 42.6 Å². The second-order valence-corrected chi connectivity index (χ2v) is 5.37. The number of benzene rings is 1. The molecule has 0 spiro atoms. The molecule has 0 unspecified atom stereocenters. The van der Waals surface area contributed by atoms with Crippen LogP contribution in [0.4, 0.5) is 0 Å². The van der Waals surface area contributed by atoms with E-state index in [1.54, 1.807) is 30.0 Å². The molecule has 0 aliphatic carbocycles. The first kappa shape index (κ1) is 13.6. The predicted octanol–water partition coefficient (Wildman–Crippen LogP) is 1.56. The van der Waals surface area contributed by atoms with Gasteiger partial charge in [0.1, 0.15) is 0 Å². The lowest BCUT2D eigenvalue weighted by Crippen LogP contribution is -2.39. The normalized spacial score (nSPS) is 16.3. The molecule has 1 amide bonds. The number of oxazole rings is 1. The number of rotatable bonds is 2. The van der Waals surface area contributed by atoms with Crippen molar-refractivity contribution in [3.8, 4) is 0 Å².